The molecule has 0 radical (unpaired) electrons. The number of nitrogens with one attached hydrogen (secondary N) is 1. The van der Waals surface area contributed by atoms with Crippen LogP contribution < -0.4 is 19.9 Å². The van der Waals surface area contributed by atoms with Gasteiger partial charge in [0.2, 0.25) is 15.9 Å². The van der Waals surface area contributed by atoms with Crippen molar-refractivity contribution in [2.45, 2.75) is 25.3 Å². The van der Waals surface area contributed by atoms with E-state index in [4.69, 9.17) is 38.4 Å². The molecule has 0 aliphatic rings. The van der Waals surface area contributed by atoms with Crippen LogP contribution in [0.4, 0.5) is 4.39 Å². The molecule has 0 bridgehead atoms. The van der Waals surface area contributed by atoms with Gasteiger partial charge in [-0.25, -0.2) is 22.5 Å². The molecule has 0 saturated carbocycles. The van der Waals surface area contributed by atoms with Crippen LogP contribution in [-0.4, -0.2) is 30.9 Å². The molecule has 3 aromatic rings. The first-order chi connectivity index (χ1) is 16.5. The number of carbonyl (C=O) groups excluding carboxylic acids is 1. The smallest absolute Gasteiger partial charge is 0.251 e. The summed E-state index contributed by atoms with van der Waals surface area (Å²) in [6, 6.07) is 5.41. The maximum absolute atomic E-state index is 15.3. The molecule has 1 aromatic carbocycles. The summed E-state index contributed by atoms with van der Waals surface area (Å²) in [5.41, 5.74) is 4.99. The molecule has 0 spiro atoms. The first kappa shape index (κ1) is 26.6. The highest BCUT2D eigenvalue weighted by Gasteiger charge is 2.31. The Morgan fingerprint density at radius 1 is 1.23 bits per heavy atom. The Labute approximate surface area is 211 Å². The number of sulfonamides is 1. The van der Waals surface area contributed by atoms with Gasteiger partial charge in [-0.1, -0.05) is 43.1 Å². The number of aromatic nitrogens is 2. The van der Waals surface area contributed by atoms with Crippen LogP contribution in [0.25, 0.3) is 0 Å². The van der Waals surface area contributed by atoms with Gasteiger partial charge in [-0.15, -0.1) is 0 Å². The highest BCUT2D eigenvalue weighted by Crippen LogP contribution is 2.40. The molecule has 0 aliphatic heterocycles. The molecule has 186 valence electrons. The van der Waals surface area contributed by atoms with Crippen LogP contribution in [0.5, 0.6) is 17.4 Å². The second-order valence-corrected chi connectivity index (χ2v) is 10.2. The van der Waals surface area contributed by atoms with Gasteiger partial charge >= 0.3 is 0 Å². The predicted molar refractivity (Wildman–Crippen MR) is 128 cm³/mol. The van der Waals surface area contributed by atoms with Crippen molar-refractivity contribution in [3.8, 4) is 17.4 Å². The Bertz CT molecular complexity index is 1340. The Hall–Kier alpha value is -2.99. The summed E-state index contributed by atoms with van der Waals surface area (Å²) in [6.07, 6.45) is 4.15. The molecule has 9 nitrogen and oxygen atoms in total. The molecule has 0 saturated heterocycles. The molecule has 1 amide bonds. The van der Waals surface area contributed by atoms with E-state index in [-0.39, 0.29) is 34.1 Å². The molecule has 2 aromatic heterocycles. The zero-order valence-corrected chi connectivity index (χ0v) is 20.9. The van der Waals surface area contributed by atoms with Gasteiger partial charge < -0.3 is 15.2 Å². The number of ether oxygens (including phenoxy) is 2. The summed E-state index contributed by atoms with van der Waals surface area (Å²) in [5.74, 6) is -2.91. The number of hydrogen-bond acceptors (Lipinski definition) is 7. The second kappa shape index (κ2) is 11.2. The van der Waals surface area contributed by atoms with Gasteiger partial charge in [0.05, 0.1) is 23.4 Å². The summed E-state index contributed by atoms with van der Waals surface area (Å²) in [5, 5.41) is -0.300. The molecule has 3 rings (SSSR count). The third kappa shape index (κ3) is 6.57. The Kier molecular flexibility index (Phi) is 8.49. The van der Waals surface area contributed by atoms with Gasteiger partial charge in [-0.2, -0.15) is 0 Å². The third-order valence-electron chi connectivity index (χ3n) is 4.41. The van der Waals surface area contributed by atoms with Crippen molar-refractivity contribution in [3.05, 3.63) is 69.8 Å². The summed E-state index contributed by atoms with van der Waals surface area (Å²) in [4.78, 5) is 18.7. The number of benzene rings is 1. The summed E-state index contributed by atoms with van der Waals surface area (Å²) in [6.45, 7) is 4.04. The van der Waals surface area contributed by atoms with E-state index in [2.05, 4.69) is 14.7 Å². The van der Waals surface area contributed by atoms with Crippen molar-refractivity contribution in [3.63, 3.8) is 0 Å². The van der Waals surface area contributed by atoms with Crippen molar-refractivity contribution < 1.29 is 27.1 Å². The molecule has 0 aliphatic carbocycles. The molecule has 3 N–H and O–H groups in total. The Morgan fingerprint density at radius 3 is 2.57 bits per heavy atom. The zero-order valence-electron chi connectivity index (χ0n) is 18.6. The standard InChI is InChI=1S/C22H21Cl2FN4O5S/c1-12(2)11-33-22-17(24)6-14(10-28-22)34-19-16(23)7-15(21(26)30)18(25)20(19)35(31,32)29-9-13-4-3-5-27-8-13/h3-8,10,12,29H,9,11H2,1-2H3,(H2,26,30). The quantitative estimate of drug-likeness (QED) is 0.389. The molecular formula is C22H21Cl2FN4O5S. The van der Waals surface area contributed by atoms with Crippen LogP contribution in [-0.2, 0) is 16.6 Å². The van der Waals surface area contributed by atoms with E-state index in [0.717, 1.165) is 6.07 Å². The highest BCUT2D eigenvalue weighted by molar-refractivity contribution is 7.89. The average molecular weight is 543 g/mol. The van der Waals surface area contributed by atoms with Crippen LogP contribution in [0.3, 0.4) is 0 Å². The fourth-order valence-corrected chi connectivity index (χ4v) is 4.54. The number of halogens is 3. The average Bonchev–Trinajstić information content (AvgIpc) is 2.79. The molecule has 0 atom stereocenters. The predicted octanol–water partition coefficient (Wildman–Crippen LogP) is 4.33. The zero-order chi connectivity index (χ0) is 25.8. The molecule has 0 unspecified atom stereocenters. The van der Waals surface area contributed by atoms with Gasteiger partial charge in [0.15, 0.2) is 16.5 Å². The van der Waals surface area contributed by atoms with Gasteiger partial charge in [0.25, 0.3) is 5.91 Å². The molecule has 0 fully saturated rings. The van der Waals surface area contributed by atoms with E-state index in [1.165, 1.54) is 24.7 Å². The lowest BCUT2D eigenvalue weighted by Gasteiger charge is -2.17. The lowest BCUT2D eigenvalue weighted by Crippen LogP contribution is -2.26. The van der Waals surface area contributed by atoms with E-state index in [0.29, 0.717) is 12.2 Å². The van der Waals surface area contributed by atoms with Crippen molar-refractivity contribution >= 4 is 39.1 Å². The Balaban J connectivity index is 2.02. The maximum atomic E-state index is 15.3. The number of rotatable bonds is 10. The first-order valence-electron chi connectivity index (χ1n) is 10.2. The van der Waals surface area contributed by atoms with Gasteiger partial charge in [0.1, 0.15) is 10.8 Å². The first-order valence-corrected chi connectivity index (χ1v) is 12.4. The normalized spacial score (nSPS) is 11.5. The minimum Gasteiger partial charge on any atom is -0.476 e. The molecule has 2 heterocycles. The number of pyridine rings is 2. The fraction of sp³-hybridized carbons (Fsp3) is 0.227. The SMILES string of the molecule is CC(C)COc1ncc(Oc2c(Cl)cc(C(N)=O)c(F)c2S(=O)(=O)NCc2cccnc2)cc1Cl. The van der Waals surface area contributed by atoms with Crippen LogP contribution in [0, 0.1) is 11.7 Å². The van der Waals surface area contributed by atoms with Crippen molar-refractivity contribution in [1.82, 2.24) is 14.7 Å². The van der Waals surface area contributed by atoms with E-state index in [1.807, 2.05) is 13.8 Å². The number of nitrogens with zero attached hydrogens (tertiary/aromatic N) is 2. The van der Waals surface area contributed by atoms with E-state index in [1.54, 1.807) is 12.1 Å². The van der Waals surface area contributed by atoms with Crippen LogP contribution in [0.1, 0.15) is 29.8 Å². The Morgan fingerprint density at radius 2 is 1.97 bits per heavy atom. The van der Waals surface area contributed by atoms with Crippen molar-refractivity contribution in [1.29, 1.82) is 0 Å². The van der Waals surface area contributed by atoms with Gasteiger partial charge in [-0.05, 0) is 23.6 Å². The van der Waals surface area contributed by atoms with E-state index in [9.17, 15) is 13.2 Å². The van der Waals surface area contributed by atoms with E-state index < -0.39 is 38.0 Å². The molecule has 35 heavy (non-hydrogen) atoms. The largest absolute Gasteiger partial charge is 0.476 e. The van der Waals surface area contributed by atoms with Gasteiger partial charge in [-0.3, -0.25) is 9.78 Å². The summed E-state index contributed by atoms with van der Waals surface area (Å²) >= 11 is 12.4. The highest BCUT2D eigenvalue weighted by atomic mass is 35.5. The third-order valence-corrected chi connectivity index (χ3v) is 6.39. The van der Waals surface area contributed by atoms with Crippen LogP contribution in [0.15, 0.2) is 47.8 Å². The van der Waals surface area contributed by atoms with Gasteiger partial charge in [0, 0.05) is 25.0 Å². The number of carbonyl (C=O) groups is 1. The minimum absolute atomic E-state index is 0.0521. The second-order valence-electron chi connectivity index (χ2n) is 7.69. The van der Waals surface area contributed by atoms with Crippen LogP contribution >= 0.6 is 23.2 Å². The molecule has 13 heteroatoms. The van der Waals surface area contributed by atoms with Crippen LogP contribution in [0.2, 0.25) is 10.0 Å². The minimum atomic E-state index is -4.60. The van der Waals surface area contributed by atoms with Crippen molar-refractivity contribution in [2.75, 3.05) is 6.61 Å². The molecular weight excluding hydrogens is 522 g/mol. The maximum Gasteiger partial charge on any atom is 0.251 e. The number of primary amides is 1. The summed E-state index contributed by atoms with van der Waals surface area (Å²) < 4.78 is 54.8. The number of nitrogens with two attached hydrogens (primary N) is 1. The number of amides is 1. The topological polar surface area (TPSA) is 134 Å². The lowest BCUT2D eigenvalue weighted by atomic mass is 10.2. The van der Waals surface area contributed by atoms with Crippen molar-refractivity contribution in [2.24, 2.45) is 11.7 Å². The monoisotopic (exact) mass is 542 g/mol. The number of hydrogen-bond donors (Lipinski definition) is 2. The fourth-order valence-electron chi connectivity index (χ4n) is 2.79. The summed E-state index contributed by atoms with van der Waals surface area (Å²) in [7, 11) is -4.60. The lowest BCUT2D eigenvalue weighted by molar-refractivity contribution is 0.0996. The van der Waals surface area contributed by atoms with E-state index >= 15 is 4.39 Å².